The number of aromatic amines is 1. The Hall–Kier alpha value is -3.30. The molecule has 2 aromatic heterocycles. The Labute approximate surface area is 183 Å². The number of hydrogen-bond donors (Lipinski definition) is 2. The van der Waals surface area contributed by atoms with Crippen molar-refractivity contribution in [2.75, 3.05) is 10.6 Å². The van der Waals surface area contributed by atoms with E-state index in [0.29, 0.717) is 27.5 Å². The van der Waals surface area contributed by atoms with Crippen LogP contribution in [0.15, 0.2) is 46.7 Å². The highest BCUT2D eigenvalue weighted by molar-refractivity contribution is 7.12. The average molecular weight is 461 g/mol. The number of nitrogen functional groups attached to an aromatic ring is 1. The Morgan fingerprint density at radius 3 is 2.71 bits per heavy atom. The highest BCUT2D eigenvalue weighted by atomic mass is 35.5. The number of anilines is 2. The van der Waals surface area contributed by atoms with E-state index in [1.54, 1.807) is 24.6 Å². The van der Waals surface area contributed by atoms with Crippen molar-refractivity contribution in [2.24, 2.45) is 0 Å². The summed E-state index contributed by atoms with van der Waals surface area (Å²) in [5.41, 5.74) is 8.11. The number of amides is 1. The summed E-state index contributed by atoms with van der Waals surface area (Å²) in [6.07, 6.45) is 0. The number of rotatable bonds is 4. The number of aromatic nitrogens is 2. The van der Waals surface area contributed by atoms with Crippen LogP contribution in [-0.4, -0.2) is 15.9 Å². The van der Waals surface area contributed by atoms with E-state index in [4.69, 9.17) is 17.3 Å². The lowest BCUT2D eigenvalue weighted by Crippen LogP contribution is -2.31. The fourth-order valence-corrected chi connectivity index (χ4v) is 4.16. The van der Waals surface area contributed by atoms with Gasteiger partial charge in [-0.25, -0.2) is 13.8 Å². The van der Waals surface area contributed by atoms with Gasteiger partial charge in [0.15, 0.2) is 11.6 Å². The fourth-order valence-electron chi connectivity index (χ4n) is 3.23. The molecule has 2 heterocycles. The molecule has 0 aliphatic rings. The van der Waals surface area contributed by atoms with Crippen molar-refractivity contribution < 1.29 is 13.6 Å². The molecule has 0 fully saturated rings. The molecular weight excluding hydrogens is 446 g/mol. The number of fused-ring (bicyclic) bond motifs is 1. The molecule has 3 N–H and O–H groups in total. The van der Waals surface area contributed by atoms with Crippen LogP contribution in [0.3, 0.4) is 0 Å². The summed E-state index contributed by atoms with van der Waals surface area (Å²) in [6, 6.07) is 8.28. The summed E-state index contributed by atoms with van der Waals surface area (Å²) < 4.78 is 28.0. The van der Waals surface area contributed by atoms with Gasteiger partial charge in [0.2, 0.25) is 5.56 Å². The minimum absolute atomic E-state index is 0.0953. The summed E-state index contributed by atoms with van der Waals surface area (Å²) in [4.78, 5) is 33.7. The van der Waals surface area contributed by atoms with E-state index in [-0.39, 0.29) is 28.4 Å². The van der Waals surface area contributed by atoms with E-state index in [9.17, 15) is 18.4 Å². The molecule has 4 aromatic rings. The van der Waals surface area contributed by atoms with Crippen molar-refractivity contribution in [3.63, 3.8) is 0 Å². The second-order valence-corrected chi connectivity index (χ2v) is 8.07. The summed E-state index contributed by atoms with van der Waals surface area (Å²) in [7, 11) is 0. The lowest BCUT2D eigenvalue weighted by Gasteiger charge is -2.24. The first-order chi connectivity index (χ1) is 14.8. The number of hydrogen-bond acceptors (Lipinski definition) is 5. The van der Waals surface area contributed by atoms with Gasteiger partial charge in [-0.05, 0) is 42.8 Å². The number of nitrogens with zero attached hydrogens (tertiary/aromatic N) is 2. The standard InChI is InChI=1S/C21H15ClF2N4O2S/c1-10-20(31-9-26-10)21(30)28(12-2-5-16(25)14(22)7-12)8-11-6-17(29)27-19-13(11)3-4-15(23)18(19)24/h2-7,9H,8,25H2,1H3,(H,27,29). The molecule has 0 unspecified atom stereocenters. The predicted molar refractivity (Wildman–Crippen MR) is 118 cm³/mol. The Morgan fingerprint density at radius 1 is 1.26 bits per heavy atom. The number of nitrogens with two attached hydrogens (primary N) is 1. The number of aryl methyl sites for hydroxylation is 1. The van der Waals surface area contributed by atoms with Gasteiger partial charge < -0.3 is 15.6 Å². The number of benzene rings is 2. The molecule has 10 heteroatoms. The smallest absolute Gasteiger partial charge is 0.270 e. The van der Waals surface area contributed by atoms with Crippen LogP contribution in [0.2, 0.25) is 5.02 Å². The second-order valence-electron chi connectivity index (χ2n) is 6.81. The van der Waals surface area contributed by atoms with Crippen LogP contribution in [0.5, 0.6) is 0 Å². The lowest BCUT2D eigenvalue weighted by molar-refractivity contribution is 0.0988. The number of thiazole rings is 1. The van der Waals surface area contributed by atoms with Crippen molar-refractivity contribution in [2.45, 2.75) is 13.5 Å². The van der Waals surface area contributed by atoms with Crippen LogP contribution in [0.4, 0.5) is 20.2 Å². The van der Waals surface area contributed by atoms with Crippen molar-refractivity contribution in [1.82, 2.24) is 9.97 Å². The van der Waals surface area contributed by atoms with Crippen LogP contribution in [0.1, 0.15) is 20.9 Å². The number of halogens is 3. The van der Waals surface area contributed by atoms with E-state index in [0.717, 1.165) is 6.07 Å². The Kier molecular flexibility index (Phi) is 5.47. The van der Waals surface area contributed by atoms with Gasteiger partial charge >= 0.3 is 0 Å². The van der Waals surface area contributed by atoms with Crippen LogP contribution < -0.4 is 16.2 Å². The Balaban J connectivity index is 1.88. The molecule has 31 heavy (non-hydrogen) atoms. The van der Waals surface area contributed by atoms with Crippen molar-refractivity contribution in [3.05, 3.63) is 85.1 Å². The number of H-pyrrole nitrogens is 1. The highest BCUT2D eigenvalue weighted by Gasteiger charge is 2.24. The third-order valence-corrected chi connectivity index (χ3v) is 6.05. The van der Waals surface area contributed by atoms with Gasteiger partial charge in [0.1, 0.15) is 4.88 Å². The lowest BCUT2D eigenvalue weighted by atomic mass is 10.1. The third-order valence-electron chi connectivity index (χ3n) is 4.80. The number of carbonyl (C=O) groups excluding carboxylic acids is 1. The van der Waals surface area contributed by atoms with E-state index >= 15 is 0 Å². The monoisotopic (exact) mass is 460 g/mol. The summed E-state index contributed by atoms with van der Waals surface area (Å²) in [5, 5.41) is 0.527. The molecule has 2 aromatic carbocycles. The van der Waals surface area contributed by atoms with Crippen LogP contribution in [-0.2, 0) is 6.54 Å². The number of carbonyl (C=O) groups is 1. The summed E-state index contributed by atoms with van der Waals surface area (Å²) in [5.74, 6) is -2.63. The van der Waals surface area contributed by atoms with Gasteiger partial charge in [-0.1, -0.05) is 11.6 Å². The largest absolute Gasteiger partial charge is 0.398 e. The molecule has 158 valence electrons. The quantitative estimate of drug-likeness (QED) is 0.433. The van der Waals surface area contributed by atoms with Gasteiger partial charge in [-0.15, -0.1) is 11.3 Å². The highest BCUT2D eigenvalue weighted by Crippen LogP contribution is 2.30. The predicted octanol–water partition coefficient (Wildman–Crippen LogP) is 4.65. The molecule has 0 aliphatic carbocycles. The maximum absolute atomic E-state index is 14.3. The normalized spacial score (nSPS) is 11.1. The van der Waals surface area contributed by atoms with E-state index in [2.05, 4.69) is 9.97 Å². The Bertz CT molecular complexity index is 1390. The zero-order valence-electron chi connectivity index (χ0n) is 16.1. The summed E-state index contributed by atoms with van der Waals surface area (Å²) >= 11 is 7.33. The van der Waals surface area contributed by atoms with Crippen molar-refractivity contribution >= 4 is 51.1 Å². The number of nitrogens with one attached hydrogen (secondary N) is 1. The maximum atomic E-state index is 14.3. The first-order valence-electron chi connectivity index (χ1n) is 9.03. The second kappa shape index (κ2) is 8.09. The molecule has 0 atom stereocenters. The number of pyridine rings is 1. The fraction of sp³-hybridized carbons (Fsp3) is 0.0952. The van der Waals surface area contributed by atoms with Gasteiger partial charge in [0.05, 0.1) is 34.0 Å². The van der Waals surface area contributed by atoms with E-state index < -0.39 is 17.2 Å². The molecular formula is C21H15ClF2N4O2S. The molecule has 1 amide bonds. The van der Waals surface area contributed by atoms with Crippen LogP contribution in [0.25, 0.3) is 10.9 Å². The minimum Gasteiger partial charge on any atom is -0.398 e. The van der Waals surface area contributed by atoms with E-state index in [1.165, 1.54) is 34.4 Å². The third kappa shape index (κ3) is 3.89. The molecule has 0 aliphatic heterocycles. The average Bonchev–Trinajstić information content (AvgIpc) is 3.16. The molecule has 0 radical (unpaired) electrons. The topological polar surface area (TPSA) is 92.1 Å². The van der Waals surface area contributed by atoms with Gasteiger partial charge in [-0.2, -0.15) is 0 Å². The zero-order valence-corrected chi connectivity index (χ0v) is 17.7. The van der Waals surface area contributed by atoms with Crippen molar-refractivity contribution in [3.8, 4) is 0 Å². The van der Waals surface area contributed by atoms with Crippen LogP contribution in [0, 0.1) is 18.6 Å². The summed E-state index contributed by atoms with van der Waals surface area (Å²) in [6.45, 7) is 1.61. The molecule has 0 saturated heterocycles. The van der Waals surface area contributed by atoms with E-state index in [1.807, 2.05) is 0 Å². The molecule has 0 saturated carbocycles. The van der Waals surface area contributed by atoms with Crippen molar-refractivity contribution in [1.29, 1.82) is 0 Å². The molecule has 6 nitrogen and oxygen atoms in total. The minimum atomic E-state index is -1.16. The molecule has 0 bridgehead atoms. The SMILES string of the molecule is Cc1ncsc1C(=O)N(Cc1cc(=O)[nH]c2c(F)c(F)ccc12)c1ccc(N)c(Cl)c1. The first kappa shape index (κ1) is 21.0. The van der Waals surface area contributed by atoms with Gasteiger partial charge in [-0.3, -0.25) is 9.59 Å². The Morgan fingerprint density at radius 2 is 2.03 bits per heavy atom. The first-order valence-corrected chi connectivity index (χ1v) is 10.3. The molecule has 0 spiro atoms. The van der Waals surface area contributed by atoms with Crippen LogP contribution >= 0.6 is 22.9 Å². The zero-order chi connectivity index (χ0) is 22.3. The maximum Gasteiger partial charge on any atom is 0.270 e. The van der Waals surface area contributed by atoms with Gasteiger partial charge in [0.25, 0.3) is 5.91 Å². The molecule has 4 rings (SSSR count). The van der Waals surface area contributed by atoms with Gasteiger partial charge in [0, 0.05) is 17.1 Å².